The third-order valence-corrected chi connectivity index (χ3v) is 3.82. The molecular formula is C16H17Cl2N3O2. The van der Waals surface area contributed by atoms with Crippen LogP contribution in [-0.4, -0.2) is 18.1 Å². The van der Waals surface area contributed by atoms with Gasteiger partial charge in [0.1, 0.15) is 0 Å². The van der Waals surface area contributed by atoms with Crippen molar-refractivity contribution < 1.29 is 9.53 Å². The third-order valence-electron chi connectivity index (χ3n) is 3.26. The monoisotopic (exact) mass is 353 g/mol. The second-order valence-electron chi connectivity index (χ2n) is 4.89. The predicted octanol–water partition coefficient (Wildman–Crippen LogP) is 3.96. The number of benzene rings is 1. The van der Waals surface area contributed by atoms with E-state index in [4.69, 9.17) is 27.9 Å². The zero-order valence-corrected chi connectivity index (χ0v) is 14.3. The minimum Gasteiger partial charge on any atom is -0.481 e. The standard InChI is InChI=1S/C16H17Cl2N3O2/c1-10(13-6-5-12(17)8-14(13)18)21-16(22)20-9-11-4-3-7-19-15(11)23-2/h3-8,10H,9H2,1-2H3,(H2,20,21,22)/t10-/m1/s1. The molecule has 122 valence electrons. The Hall–Kier alpha value is -1.98. The van der Waals surface area contributed by atoms with Crippen LogP contribution in [0.15, 0.2) is 36.5 Å². The number of halogens is 2. The average molecular weight is 354 g/mol. The van der Waals surface area contributed by atoms with Gasteiger partial charge in [0.25, 0.3) is 0 Å². The van der Waals surface area contributed by atoms with Gasteiger partial charge in [-0.15, -0.1) is 0 Å². The number of urea groups is 1. The summed E-state index contributed by atoms with van der Waals surface area (Å²) < 4.78 is 5.14. The molecule has 23 heavy (non-hydrogen) atoms. The van der Waals surface area contributed by atoms with Crippen molar-refractivity contribution >= 4 is 29.2 Å². The van der Waals surface area contributed by atoms with Gasteiger partial charge in [-0.3, -0.25) is 0 Å². The molecule has 2 amide bonds. The number of hydrogen-bond acceptors (Lipinski definition) is 3. The first-order valence-electron chi connectivity index (χ1n) is 6.98. The predicted molar refractivity (Wildman–Crippen MR) is 91.0 cm³/mol. The molecule has 1 heterocycles. The molecule has 0 saturated heterocycles. The van der Waals surface area contributed by atoms with Crippen molar-refractivity contribution in [2.75, 3.05) is 7.11 Å². The van der Waals surface area contributed by atoms with Gasteiger partial charge < -0.3 is 15.4 Å². The van der Waals surface area contributed by atoms with Gasteiger partial charge in [-0.1, -0.05) is 35.3 Å². The summed E-state index contributed by atoms with van der Waals surface area (Å²) in [6.45, 7) is 2.16. The molecule has 0 bridgehead atoms. The molecule has 0 saturated carbocycles. The first-order chi connectivity index (χ1) is 11.0. The molecular weight excluding hydrogens is 337 g/mol. The van der Waals surface area contributed by atoms with Crippen LogP contribution >= 0.6 is 23.2 Å². The Morgan fingerprint density at radius 3 is 2.83 bits per heavy atom. The van der Waals surface area contributed by atoms with E-state index in [-0.39, 0.29) is 12.1 Å². The van der Waals surface area contributed by atoms with Crippen LogP contribution in [0.1, 0.15) is 24.1 Å². The number of carbonyl (C=O) groups excluding carboxylic acids is 1. The Morgan fingerprint density at radius 1 is 1.35 bits per heavy atom. The highest BCUT2D eigenvalue weighted by atomic mass is 35.5. The molecule has 2 aromatic rings. The fourth-order valence-corrected chi connectivity index (χ4v) is 2.67. The van der Waals surface area contributed by atoms with Gasteiger partial charge in [-0.2, -0.15) is 0 Å². The largest absolute Gasteiger partial charge is 0.481 e. The molecule has 0 spiro atoms. The van der Waals surface area contributed by atoms with Crippen molar-refractivity contribution in [1.82, 2.24) is 15.6 Å². The summed E-state index contributed by atoms with van der Waals surface area (Å²) in [5, 5.41) is 6.66. The van der Waals surface area contributed by atoms with Crippen molar-refractivity contribution in [3.8, 4) is 5.88 Å². The molecule has 0 fully saturated rings. The second-order valence-corrected chi connectivity index (χ2v) is 5.73. The number of nitrogens with one attached hydrogen (secondary N) is 2. The van der Waals surface area contributed by atoms with Crippen LogP contribution in [-0.2, 0) is 6.54 Å². The van der Waals surface area contributed by atoms with E-state index >= 15 is 0 Å². The van der Waals surface area contributed by atoms with E-state index in [1.807, 2.05) is 13.0 Å². The first kappa shape index (κ1) is 17.4. The Morgan fingerprint density at radius 2 is 2.13 bits per heavy atom. The van der Waals surface area contributed by atoms with E-state index < -0.39 is 0 Å². The van der Waals surface area contributed by atoms with Gasteiger partial charge in [-0.25, -0.2) is 9.78 Å². The lowest BCUT2D eigenvalue weighted by Crippen LogP contribution is -2.36. The number of aromatic nitrogens is 1. The topological polar surface area (TPSA) is 63.2 Å². The minimum atomic E-state index is -0.311. The highest BCUT2D eigenvalue weighted by Crippen LogP contribution is 2.26. The average Bonchev–Trinajstić information content (AvgIpc) is 2.53. The van der Waals surface area contributed by atoms with Crippen LogP contribution in [0.5, 0.6) is 5.88 Å². The van der Waals surface area contributed by atoms with Crippen LogP contribution in [0, 0.1) is 0 Å². The van der Waals surface area contributed by atoms with E-state index in [0.29, 0.717) is 22.5 Å². The summed E-state index contributed by atoms with van der Waals surface area (Å²) >= 11 is 12.0. The highest BCUT2D eigenvalue weighted by molar-refractivity contribution is 6.35. The SMILES string of the molecule is COc1ncccc1CNC(=O)N[C@H](C)c1ccc(Cl)cc1Cl. The second kappa shape index (κ2) is 8.04. The highest BCUT2D eigenvalue weighted by Gasteiger charge is 2.13. The molecule has 1 aromatic carbocycles. The van der Waals surface area contributed by atoms with Crippen LogP contribution in [0.2, 0.25) is 10.0 Å². The summed E-state index contributed by atoms with van der Waals surface area (Å²) in [5.74, 6) is 0.488. The van der Waals surface area contributed by atoms with Crippen LogP contribution in [0.4, 0.5) is 4.79 Å². The van der Waals surface area contributed by atoms with E-state index in [1.54, 1.807) is 30.5 Å². The van der Waals surface area contributed by atoms with Gasteiger partial charge in [0, 0.05) is 28.4 Å². The van der Waals surface area contributed by atoms with Gasteiger partial charge in [0.2, 0.25) is 5.88 Å². The molecule has 1 aromatic heterocycles. The van der Waals surface area contributed by atoms with E-state index in [0.717, 1.165) is 11.1 Å². The maximum atomic E-state index is 12.0. The molecule has 0 radical (unpaired) electrons. The van der Waals surface area contributed by atoms with Crippen LogP contribution < -0.4 is 15.4 Å². The first-order valence-corrected chi connectivity index (χ1v) is 7.74. The Balaban J connectivity index is 1.94. The third kappa shape index (κ3) is 4.74. The number of amides is 2. The number of methoxy groups -OCH3 is 1. The fraction of sp³-hybridized carbons (Fsp3) is 0.250. The summed E-state index contributed by atoms with van der Waals surface area (Å²) in [7, 11) is 1.54. The van der Waals surface area contributed by atoms with Gasteiger partial charge >= 0.3 is 6.03 Å². The van der Waals surface area contributed by atoms with Crippen molar-refractivity contribution in [2.24, 2.45) is 0 Å². The quantitative estimate of drug-likeness (QED) is 0.854. The van der Waals surface area contributed by atoms with Gasteiger partial charge in [0.15, 0.2) is 0 Å². The molecule has 5 nitrogen and oxygen atoms in total. The smallest absolute Gasteiger partial charge is 0.315 e. The molecule has 1 atom stereocenters. The lowest BCUT2D eigenvalue weighted by atomic mass is 10.1. The normalized spacial score (nSPS) is 11.7. The molecule has 7 heteroatoms. The number of hydrogen-bond donors (Lipinski definition) is 2. The van der Waals surface area contributed by atoms with E-state index in [1.165, 1.54) is 7.11 Å². The number of rotatable bonds is 5. The maximum absolute atomic E-state index is 12.0. The minimum absolute atomic E-state index is 0.254. The fourth-order valence-electron chi connectivity index (χ4n) is 2.10. The zero-order valence-electron chi connectivity index (χ0n) is 12.8. The number of carbonyl (C=O) groups is 1. The lowest BCUT2D eigenvalue weighted by molar-refractivity contribution is 0.237. The summed E-state index contributed by atoms with van der Waals surface area (Å²) in [4.78, 5) is 16.1. The molecule has 0 unspecified atom stereocenters. The van der Waals surface area contributed by atoms with E-state index in [9.17, 15) is 4.79 Å². The summed E-state index contributed by atoms with van der Waals surface area (Å²) in [6.07, 6.45) is 1.63. The molecule has 0 aliphatic heterocycles. The zero-order chi connectivity index (χ0) is 16.8. The Labute approximate surface area is 145 Å². The Bertz CT molecular complexity index is 695. The maximum Gasteiger partial charge on any atom is 0.315 e. The van der Waals surface area contributed by atoms with Gasteiger partial charge in [0.05, 0.1) is 13.2 Å². The molecule has 2 N–H and O–H groups in total. The number of ether oxygens (including phenoxy) is 1. The molecule has 2 rings (SSSR count). The van der Waals surface area contributed by atoms with Crippen molar-refractivity contribution in [2.45, 2.75) is 19.5 Å². The number of nitrogens with zero attached hydrogens (tertiary/aromatic N) is 1. The van der Waals surface area contributed by atoms with E-state index in [2.05, 4.69) is 15.6 Å². The molecule has 0 aliphatic rings. The van der Waals surface area contributed by atoms with Crippen molar-refractivity contribution in [3.05, 3.63) is 57.7 Å². The van der Waals surface area contributed by atoms with Gasteiger partial charge in [-0.05, 0) is 30.7 Å². The molecule has 0 aliphatic carbocycles. The Kier molecular flexibility index (Phi) is 6.07. The lowest BCUT2D eigenvalue weighted by Gasteiger charge is -2.17. The summed E-state index contributed by atoms with van der Waals surface area (Å²) in [6, 6.07) is 8.23. The van der Waals surface area contributed by atoms with Crippen LogP contribution in [0.25, 0.3) is 0 Å². The van der Waals surface area contributed by atoms with Crippen molar-refractivity contribution in [3.63, 3.8) is 0 Å². The number of pyridine rings is 1. The summed E-state index contributed by atoms with van der Waals surface area (Å²) in [5.41, 5.74) is 1.59. The van der Waals surface area contributed by atoms with Crippen LogP contribution in [0.3, 0.4) is 0 Å². The van der Waals surface area contributed by atoms with Crippen molar-refractivity contribution in [1.29, 1.82) is 0 Å².